The van der Waals surface area contributed by atoms with E-state index < -0.39 is 23.3 Å². The van der Waals surface area contributed by atoms with Crippen LogP contribution in [-0.2, 0) is 14.3 Å². The van der Waals surface area contributed by atoms with Gasteiger partial charge in [0.05, 0.1) is 26.5 Å². The maximum absolute atomic E-state index is 11.9. The van der Waals surface area contributed by atoms with E-state index in [9.17, 15) is 15.0 Å². The monoisotopic (exact) mass is 351 g/mol. The van der Waals surface area contributed by atoms with Crippen LogP contribution in [0.1, 0.15) is 19.4 Å². The lowest BCUT2D eigenvalue weighted by atomic mass is 10.2. The first-order chi connectivity index (χ1) is 12.0. The van der Waals surface area contributed by atoms with Crippen molar-refractivity contribution in [1.29, 1.82) is 0 Å². The van der Waals surface area contributed by atoms with Gasteiger partial charge < -0.3 is 30.2 Å². The summed E-state index contributed by atoms with van der Waals surface area (Å²) >= 11 is 0. The van der Waals surface area contributed by atoms with Crippen LogP contribution in [0.4, 0.5) is 0 Å². The van der Waals surface area contributed by atoms with Gasteiger partial charge in [0.15, 0.2) is 22.9 Å². The van der Waals surface area contributed by atoms with Crippen LogP contribution in [0.2, 0.25) is 0 Å². The summed E-state index contributed by atoms with van der Waals surface area (Å²) in [5, 5.41) is 27.1. The van der Waals surface area contributed by atoms with E-state index in [4.69, 9.17) is 19.9 Å². The Balaban J connectivity index is 3.11. The minimum Gasteiger partial charge on any atom is -0.504 e. The van der Waals surface area contributed by atoms with Crippen molar-refractivity contribution >= 4 is 18.0 Å². The predicted molar refractivity (Wildman–Crippen MR) is 91.8 cm³/mol. The van der Waals surface area contributed by atoms with E-state index in [2.05, 4.69) is 10.2 Å². The number of para-hydroxylation sites is 1. The van der Waals surface area contributed by atoms with Crippen LogP contribution in [0.25, 0.3) is 0 Å². The molecule has 0 unspecified atom stereocenters. The average molecular weight is 351 g/mol. The van der Waals surface area contributed by atoms with Gasteiger partial charge in [-0.3, -0.25) is 0 Å². The first-order valence-corrected chi connectivity index (χ1v) is 7.42. The molecule has 0 fully saturated rings. The number of aliphatic hydroxyl groups is 1. The molecule has 9 heteroatoms. The standard InChI is InChI=1S/C16H21N3O6/c1-4-24-15(21)12(16(22)25-5-2)14(17)19-18-9-10-7-6-8-11(23-3)13(10)20/h6-9,20-21H,4-5H2,1-3H3,(H2,17,19)/b15-12?,18-9-. The van der Waals surface area contributed by atoms with E-state index in [1.54, 1.807) is 32.0 Å². The minimum atomic E-state index is -0.894. The fourth-order valence-electron chi connectivity index (χ4n) is 1.73. The summed E-state index contributed by atoms with van der Waals surface area (Å²) in [6.45, 7) is 3.42. The van der Waals surface area contributed by atoms with Gasteiger partial charge in [-0.2, -0.15) is 5.10 Å². The predicted octanol–water partition coefficient (Wildman–Crippen LogP) is 1.46. The molecule has 0 saturated carbocycles. The number of aliphatic hydroxyl groups excluding tert-OH is 1. The summed E-state index contributed by atoms with van der Waals surface area (Å²) in [6.07, 6.45) is 1.21. The molecule has 4 N–H and O–H groups in total. The molecule has 0 aliphatic carbocycles. The largest absolute Gasteiger partial charge is 0.504 e. The number of nitrogens with two attached hydrogens (primary N) is 1. The molecule has 9 nitrogen and oxygen atoms in total. The molecule has 1 aromatic rings. The van der Waals surface area contributed by atoms with Gasteiger partial charge in [0.25, 0.3) is 5.95 Å². The van der Waals surface area contributed by atoms with E-state index in [0.29, 0.717) is 5.56 Å². The highest BCUT2D eigenvalue weighted by Crippen LogP contribution is 2.27. The van der Waals surface area contributed by atoms with Crippen molar-refractivity contribution in [3.63, 3.8) is 0 Å². The molecule has 0 aliphatic rings. The smallest absolute Gasteiger partial charge is 0.349 e. The van der Waals surface area contributed by atoms with Gasteiger partial charge in [-0.05, 0) is 26.0 Å². The Morgan fingerprint density at radius 3 is 2.56 bits per heavy atom. The van der Waals surface area contributed by atoms with Crippen molar-refractivity contribution in [1.82, 2.24) is 0 Å². The fourth-order valence-corrected chi connectivity index (χ4v) is 1.73. The molecule has 0 saturated heterocycles. The highest BCUT2D eigenvalue weighted by molar-refractivity contribution is 6.18. The molecule has 0 aliphatic heterocycles. The molecule has 0 radical (unpaired) electrons. The Labute approximate surface area is 145 Å². The maximum atomic E-state index is 11.9. The van der Waals surface area contributed by atoms with Gasteiger partial charge in [-0.15, -0.1) is 5.10 Å². The second-order valence-corrected chi connectivity index (χ2v) is 4.46. The number of rotatable bonds is 8. The van der Waals surface area contributed by atoms with Crippen molar-refractivity contribution in [3.05, 3.63) is 35.3 Å². The number of ether oxygens (including phenoxy) is 3. The fraction of sp³-hybridized carbons (Fsp3) is 0.312. The molecule has 0 heterocycles. The van der Waals surface area contributed by atoms with Crippen molar-refractivity contribution in [3.8, 4) is 11.5 Å². The first-order valence-electron chi connectivity index (χ1n) is 7.42. The Hall–Kier alpha value is -3.23. The van der Waals surface area contributed by atoms with Crippen molar-refractivity contribution in [2.24, 2.45) is 15.9 Å². The normalized spacial score (nSPS) is 12.7. The number of hydrogen-bond donors (Lipinski definition) is 3. The molecular weight excluding hydrogens is 330 g/mol. The van der Waals surface area contributed by atoms with E-state index >= 15 is 0 Å². The number of nitrogens with zero attached hydrogens (tertiary/aromatic N) is 2. The molecule has 0 bridgehead atoms. The lowest BCUT2D eigenvalue weighted by molar-refractivity contribution is -0.138. The summed E-state index contributed by atoms with van der Waals surface area (Å²) < 4.78 is 14.6. The summed E-state index contributed by atoms with van der Waals surface area (Å²) in [4.78, 5) is 11.9. The second-order valence-electron chi connectivity index (χ2n) is 4.46. The van der Waals surface area contributed by atoms with Crippen LogP contribution >= 0.6 is 0 Å². The summed E-state index contributed by atoms with van der Waals surface area (Å²) in [5.74, 6) is -1.86. The van der Waals surface area contributed by atoms with Gasteiger partial charge in [0, 0.05) is 5.56 Å². The molecule has 136 valence electrons. The first kappa shape index (κ1) is 19.8. The van der Waals surface area contributed by atoms with Gasteiger partial charge in [0.2, 0.25) is 0 Å². The van der Waals surface area contributed by atoms with Crippen LogP contribution in [0.5, 0.6) is 11.5 Å². The van der Waals surface area contributed by atoms with Crippen molar-refractivity contribution < 1.29 is 29.2 Å². The van der Waals surface area contributed by atoms with Crippen LogP contribution < -0.4 is 10.5 Å². The lowest BCUT2D eigenvalue weighted by Gasteiger charge is -2.08. The molecule has 0 aromatic heterocycles. The van der Waals surface area contributed by atoms with Crippen LogP contribution in [0.15, 0.2) is 39.9 Å². The van der Waals surface area contributed by atoms with Crippen molar-refractivity contribution in [2.75, 3.05) is 20.3 Å². The Bertz CT molecular complexity index is 697. The summed E-state index contributed by atoms with van der Waals surface area (Å²) in [6, 6.07) is 4.80. The second kappa shape index (κ2) is 9.81. The van der Waals surface area contributed by atoms with E-state index in [1.807, 2.05) is 0 Å². The Kier molecular flexibility index (Phi) is 7.77. The number of aromatic hydroxyl groups is 1. The lowest BCUT2D eigenvalue weighted by Crippen LogP contribution is -2.25. The van der Waals surface area contributed by atoms with Gasteiger partial charge in [-0.1, -0.05) is 6.07 Å². The number of carbonyl (C=O) groups is 1. The van der Waals surface area contributed by atoms with Crippen LogP contribution in [-0.4, -0.2) is 48.6 Å². The topological polar surface area (TPSA) is 136 Å². The number of methoxy groups -OCH3 is 1. The number of hydrogen-bond acceptors (Lipinski definition) is 8. The summed E-state index contributed by atoms with van der Waals surface area (Å²) in [5.41, 5.74) is 5.58. The van der Waals surface area contributed by atoms with Crippen LogP contribution in [0.3, 0.4) is 0 Å². The molecule has 1 aromatic carbocycles. The van der Waals surface area contributed by atoms with Crippen LogP contribution in [0, 0.1) is 0 Å². The number of carbonyl (C=O) groups excluding carboxylic acids is 1. The third-order valence-electron chi connectivity index (χ3n) is 2.84. The Morgan fingerprint density at radius 1 is 1.28 bits per heavy atom. The molecule has 0 spiro atoms. The van der Waals surface area contributed by atoms with Crippen molar-refractivity contribution in [2.45, 2.75) is 13.8 Å². The maximum Gasteiger partial charge on any atom is 0.349 e. The SMILES string of the molecule is CCOC(=O)C(C(N)=N/N=C\c1cccc(OC)c1O)=C(O)OCC. The van der Waals surface area contributed by atoms with Gasteiger partial charge in [0.1, 0.15) is 0 Å². The number of phenols is 1. The molecular formula is C16H21N3O6. The van der Waals surface area contributed by atoms with Gasteiger partial charge in [-0.25, -0.2) is 4.79 Å². The zero-order valence-corrected chi connectivity index (χ0v) is 14.2. The van der Waals surface area contributed by atoms with E-state index in [0.717, 1.165) is 0 Å². The highest BCUT2D eigenvalue weighted by Gasteiger charge is 2.22. The molecule has 0 atom stereocenters. The van der Waals surface area contributed by atoms with E-state index in [-0.39, 0.29) is 24.7 Å². The minimum absolute atomic E-state index is 0.0793. The zero-order chi connectivity index (χ0) is 18.8. The Morgan fingerprint density at radius 2 is 1.96 bits per heavy atom. The third kappa shape index (κ3) is 5.41. The zero-order valence-electron chi connectivity index (χ0n) is 14.2. The third-order valence-corrected chi connectivity index (χ3v) is 2.84. The van der Waals surface area contributed by atoms with E-state index in [1.165, 1.54) is 13.3 Å². The number of esters is 1. The number of phenolic OH excluding ortho intramolecular Hbond substituents is 1. The average Bonchev–Trinajstić information content (AvgIpc) is 2.57. The molecule has 25 heavy (non-hydrogen) atoms. The summed E-state index contributed by atoms with van der Waals surface area (Å²) in [7, 11) is 1.42. The number of amidine groups is 1. The number of benzene rings is 1. The molecule has 0 amide bonds. The van der Waals surface area contributed by atoms with Gasteiger partial charge >= 0.3 is 5.97 Å². The quantitative estimate of drug-likeness (QED) is 0.161. The highest BCUT2D eigenvalue weighted by atomic mass is 16.6. The molecule has 1 rings (SSSR count).